The van der Waals surface area contributed by atoms with E-state index in [2.05, 4.69) is 15.8 Å². The van der Waals surface area contributed by atoms with E-state index in [0.717, 1.165) is 16.7 Å². The van der Waals surface area contributed by atoms with Crippen molar-refractivity contribution in [3.8, 4) is 11.5 Å². The molecule has 7 nitrogen and oxygen atoms in total. The first kappa shape index (κ1) is 23.5. The molecule has 0 aliphatic heterocycles. The van der Waals surface area contributed by atoms with Crippen LogP contribution in [0.15, 0.2) is 71.8 Å². The Balaban J connectivity index is 1.63. The Bertz CT molecular complexity index is 1170. The number of ether oxygens (including phenoxy) is 2. The second-order valence-corrected chi connectivity index (χ2v) is 7.55. The third-order valence-corrected chi connectivity index (χ3v) is 4.98. The second-order valence-electron chi connectivity index (χ2n) is 7.55. The van der Waals surface area contributed by atoms with E-state index in [0.29, 0.717) is 35.1 Å². The van der Waals surface area contributed by atoms with Crippen LogP contribution in [0.2, 0.25) is 0 Å². The third-order valence-electron chi connectivity index (χ3n) is 4.98. The predicted octanol–water partition coefficient (Wildman–Crippen LogP) is 4.37. The van der Waals surface area contributed by atoms with Crippen molar-refractivity contribution >= 4 is 23.2 Å². The average Bonchev–Trinajstić information content (AvgIpc) is 2.83. The van der Waals surface area contributed by atoms with E-state index < -0.39 is 11.8 Å². The van der Waals surface area contributed by atoms with Crippen molar-refractivity contribution in [3.05, 3.63) is 89.0 Å². The Hall–Kier alpha value is -4.13. The number of methoxy groups -OCH3 is 1. The van der Waals surface area contributed by atoms with Gasteiger partial charge in [0.05, 0.1) is 12.8 Å². The lowest BCUT2D eigenvalue weighted by Crippen LogP contribution is -2.33. The van der Waals surface area contributed by atoms with Gasteiger partial charge in [0.2, 0.25) is 0 Å². The van der Waals surface area contributed by atoms with Gasteiger partial charge in [0.1, 0.15) is 6.61 Å². The van der Waals surface area contributed by atoms with Crippen molar-refractivity contribution in [2.24, 2.45) is 5.10 Å². The Morgan fingerprint density at radius 2 is 1.67 bits per heavy atom. The maximum atomic E-state index is 12.2. The second kappa shape index (κ2) is 10.9. The summed E-state index contributed by atoms with van der Waals surface area (Å²) >= 11 is 0. The molecule has 2 N–H and O–H groups in total. The number of nitrogens with one attached hydrogen (secondary N) is 2. The number of carbonyl (C=O) groups is 2. The summed E-state index contributed by atoms with van der Waals surface area (Å²) in [6.45, 7) is 5.96. The summed E-state index contributed by atoms with van der Waals surface area (Å²) in [4.78, 5) is 24.4. The fourth-order valence-corrected chi connectivity index (χ4v) is 3.13. The van der Waals surface area contributed by atoms with Crippen LogP contribution in [0, 0.1) is 13.8 Å². The third kappa shape index (κ3) is 6.43. The maximum Gasteiger partial charge on any atom is 0.329 e. The molecule has 7 heteroatoms. The van der Waals surface area contributed by atoms with Gasteiger partial charge in [0, 0.05) is 11.3 Å². The normalized spacial score (nSPS) is 11.0. The Kier molecular flexibility index (Phi) is 7.81. The van der Waals surface area contributed by atoms with Crippen molar-refractivity contribution in [2.45, 2.75) is 27.4 Å². The number of hydrogen-bond acceptors (Lipinski definition) is 5. The molecule has 0 aromatic heterocycles. The predicted molar refractivity (Wildman–Crippen MR) is 129 cm³/mol. The zero-order valence-electron chi connectivity index (χ0n) is 19.1. The van der Waals surface area contributed by atoms with E-state index in [1.807, 2.05) is 62.4 Å². The summed E-state index contributed by atoms with van der Waals surface area (Å²) in [5.74, 6) is -0.517. The molecule has 0 fully saturated rings. The minimum absolute atomic E-state index is 0.412. The smallest absolute Gasteiger partial charge is 0.329 e. The molecule has 0 unspecified atom stereocenters. The molecule has 0 aliphatic carbocycles. The molecule has 0 heterocycles. The standard InChI is InChI=1S/C26H27N3O4/c1-17-10-12-22(18(2)14-17)27-25(30)26(31)29-28-19(3)21-11-13-23(24(15-21)32-4)33-16-20-8-6-5-7-9-20/h5-15H,16H2,1-4H3,(H,27,30)(H,29,31)/b28-19+. The van der Waals surface area contributed by atoms with Gasteiger partial charge in [-0.2, -0.15) is 5.10 Å². The number of rotatable bonds is 7. The maximum absolute atomic E-state index is 12.2. The van der Waals surface area contributed by atoms with Gasteiger partial charge >= 0.3 is 11.8 Å². The molecule has 0 atom stereocenters. The molecule has 2 amide bonds. The number of amides is 2. The molecule has 3 rings (SSSR count). The van der Waals surface area contributed by atoms with Gasteiger partial charge in [-0.1, -0.05) is 48.0 Å². The van der Waals surface area contributed by atoms with Gasteiger partial charge in [0.15, 0.2) is 11.5 Å². The van der Waals surface area contributed by atoms with Gasteiger partial charge in [0.25, 0.3) is 0 Å². The summed E-state index contributed by atoms with van der Waals surface area (Å²) in [6, 6.07) is 20.7. The topological polar surface area (TPSA) is 89.0 Å². The van der Waals surface area contributed by atoms with Crippen molar-refractivity contribution < 1.29 is 19.1 Å². The first-order valence-electron chi connectivity index (χ1n) is 10.5. The van der Waals surface area contributed by atoms with E-state index in [1.54, 1.807) is 32.2 Å². The number of anilines is 1. The van der Waals surface area contributed by atoms with E-state index in [4.69, 9.17) is 9.47 Å². The van der Waals surface area contributed by atoms with Crippen LogP contribution in [-0.4, -0.2) is 24.6 Å². The summed E-state index contributed by atoms with van der Waals surface area (Å²) < 4.78 is 11.3. The number of hydrogen-bond donors (Lipinski definition) is 2. The van der Waals surface area contributed by atoms with Crippen molar-refractivity contribution in [1.82, 2.24) is 5.43 Å². The first-order valence-corrected chi connectivity index (χ1v) is 10.5. The van der Waals surface area contributed by atoms with Crippen molar-refractivity contribution in [1.29, 1.82) is 0 Å². The van der Waals surface area contributed by atoms with Crippen LogP contribution in [0.1, 0.15) is 29.2 Å². The van der Waals surface area contributed by atoms with Crippen LogP contribution in [0.3, 0.4) is 0 Å². The van der Waals surface area contributed by atoms with Crippen LogP contribution >= 0.6 is 0 Å². The molecule has 0 aliphatic rings. The summed E-state index contributed by atoms with van der Waals surface area (Å²) in [5, 5.41) is 6.65. The highest BCUT2D eigenvalue weighted by Crippen LogP contribution is 2.29. The van der Waals surface area contributed by atoms with E-state index in [-0.39, 0.29) is 0 Å². The average molecular weight is 446 g/mol. The van der Waals surface area contributed by atoms with Crippen molar-refractivity contribution in [2.75, 3.05) is 12.4 Å². The molecular weight excluding hydrogens is 418 g/mol. The molecule has 0 saturated carbocycles. The molecular formula is C26H27N3O4. The number of aryl methyl sites for hydroxylation is 2. The fourth-order valence-electron chi connectivity index (χ4n) is 3.13. The van der Waals surface area contributed by atoms with Gasteiger partial charge in [-0.25, -0.2) is 5.43 Å². The van der Waals surface area contributed by atoms with E-state index in [1.165, 1.54) is 0 Å². The van der Waals surface area contributed by atoms with Gasteiger partial charge < -0.3 is 14.8 Å². The first-order chi connectivity index (χ1) is 15.9. The summed E-state index contributed by atoms with van der Waals surface area (Å²) in [5.41, 5.74) is 7.09. The zero-order valence-corrected chi connectivity index (χ0v) is 19.1. The Labute approximate surface area is 193 Å². The highest BCUT2D eigenvalue weighted by Gasteiger charge is 2.15. The lowest BCUT2D eigenvalue weighted by atomic mass is 10.1. The minimum atomic E-state index is -0.857. The molecule has 3 aromatic carbocycles. The van der Waals surface area contributed by atoms with Crippen LogP contribution in [0.25, 0.3) is 0 Å². The molecule has 3 aromatic rings. The molecule has 170 valence electrons. The van der Waals surface area contributed by atoms with Crippen LogP contribution in [0.4, 0.5) is 5.69 Å². The molecule has 0 radical (unpaired) electrons. The van der Waals surface area contributed by atoms with Gasteiger partial charge in [-0.15, -0.1) is 0 Å². The summed E-state index contributed by atoms with van der Waals surface area (Å²) in [7, 11) is 1.56. The lowest BCUT2D eigenvalue weighted by Gasteiger charge is -2.12. The lowest BCUT2D eigenvalue weighted by molar-refractivity contribution is -0.136. The van der Waals surface area contributed by atoms with E-state index in [9.17, 15) is 9.59 Å². The number of carbonyl (C=O) groups excluding carboxylic acids is 2. The largest absolute Gasteiger partial charge is 0.493 e. The number of benzene rings is 3. The van der Waals surface area contributed by atoms with Crippen LogP contribution < -0.4 is 20.2 Å². The molecule has 33 heavy (non-hydrogen) atoms. The van der Waals surface area contributed by atoms with Gasteiger partial charge in [-0.3, -0.25) is 9.59 Å². The van der Waals surface area contributed by atoms with Gasteiger partial charge in [-0.05, 0) is 56.2 Å². The Morgan fingerprint density at radius 1 is 0.909 bits per heavy atom. The highest BCUT2D eigenvalue weighted by atomic mass is 16.5. The quantitative estimate of drug-likeness (QED) is 0.321. The molecule has 0 saturated heterocycles. The van der Waals surface area contributed by atoms with Crippen LogP contribution in [0.5, 0.6) is 11.5 Å². The van der Waals surface area contributed by atoms with Crippen LogP contribution in [-0.2, 0) is 16.2 Å². The fraction of sp³-hybridized carbons (Fsp3) is 0.192. The highest BCUT2D eigenvalue weighted by molar-refractivity contribution is 6.39. The van der Waals surface area contributed by atoms with E-state index >= 15 is 0 Å². The monoisotopic (exact) mass is 445 g/mol. The summed E-state index contributed by atoms with van der Waals surface area (Å²) in [6.07, 6.45) is 0. The minimum Gasteiger partial charge on any atom is -0.493 e. The van der Waals surface area contributed by atoms with Crippen molar-refractivity contribution in [3.63, 3.8) is 0 Å². The number of nitrogens with zero attached hydrogens (tertiary/aromatic N) is 1. The Morgan fingerprint density at radius 3 is 2.36 bits per heavy atom. The zero-order chi connectivity index (χ0) is 23.8. The molecule has 0 bridgehead atoms. The molecule has 0 spiro atoms. The SMILES string of the molecule is COc1cc(/C(C)=N/NC(=O)C(=O)Nc2ccc(C)cc2C)ccc1OCc1ccccc1. The number of hydrazone groups is 1.